The third-order valence-corrected chi connectivity index (χ3v) is 2.94. The van der Waals surface area contributed by atoms with Crippen LogP contribution in [-0.2, 0) is 4.74 Å². The first-order chi connectivity index (χ1) is 5.04. The van der Waals surface area contributed by atoms with Gasteiger partial charge in [-0.1, -0.05) is 20.8 Å². The molecule has 0 bridgehead atoms. The number of rotatable bonds is 1. The molecule has 1 rings (SSSR count). The Bertz CT molecular complexity index is 123. The lowest BCUT2D eigenvalue weighted by atomic mass is 9.80. The molecule has 1 aliphatic rings. The van der Waals surface area contributed by atoms with Gasteiger partial charge in [0.05, 0.1) is 6.10 Å². The van der Waals surface area contributed by atoms with E-state index in [4.69, 9.17) is 4.74 Å². The Morgan fingerprint density at radius 1 is 1.18 bits per heavy atom. The Morgan fingerprint density at radius 2 is 1.82 bits per heavy atom. The first-order valence-electron chi connectivity index (χ1n) is 4.57. The molecule has 0 heterocycles. The van der Waals surface area contributed by atoms with Gasteiger partial charge in [0.2, 0.25) is 0 Å². The fraction of sp³-hybridized carbons (Fsp3) is 1.00. The molecule has 0 amide bonds. The van der Waals surface area contributed by atoms with Gasteiger partial charge in [-0.05, 0) is 30.6 Å². The molecule has 1 aliphatic carbocycles. The van der Waals surface area contributed by atoms with Gasteiger partial charge in [-0.15, -0.1) is 0 Å². The number of hydrogen-bond acceptors (Lipinski definition) is 1. The maximum atomic E-state index is 5.34. The van der Waals surface area contributed by atoms with Crippen LogP contribution in [0.1, 0.15) is 40.0 Å². The smallest absolute Gasteiger partial charge is 0.0574 e. The van der Waals surface area contributed by atoms with Crippen LogP contribution in [-0.4, -0.2) is 13.2 Å². The summed E-state index contributed by atoms with van der Waals surface area (Å²) in [5, 5.41) is 0. The van der Waals surface area contributed by atoms with E-state index >= 15 is 0 Å². The monoisotopic (exact) mass is 156 g/mol. The van der Waals surface area contributed by atoms with Crippen LogP contribution in [0.15, 0.2) is 0 Å². The van der Waals surface area contributed by atoms with E-state index in [1.165, 1.54) is 19.3 Å². The first kappa shape index (κ1) is 9.05. The van der Waals surface area contributed by atoms with Crippen LogP contribution < -0.4 is 0 Å². The van der Waals surface area contributed by atoms with Crippen LogP contribution >= 0.6 is 0 Å². The minimum atomic E-state index is 0.479. The molecule has 1 heteroatoms. The summed E-state index contributed by atoms with van der Waals surface area (Å²) in [6.07, 6.45) is 4.42. The molecule has 1 saturated carbocycles. The van der Waals surface area contributed by atoms with E-state index in [1.54, 1.807) is 0 Å². The van der Waals surface area contributed by atoms with Crippen LogP contribution in [0.5, 0.6) is 0 Å². The molecular weight excluding hydrogens is 136 g/mol. The molecule has 0 spiro atoms. The lowest BCUT2D eigenvalue weighted by molar-refractivity contribution is 0.0968. The summed E-state index contributed by atoms with van der Waals surface area (Å²) < 4.78 is 5.34. The summed E-state index contributed by atoms with van der Waals surface area (Å²) >= 11 is 0. The van der Waals surface area contributed by atoms with E-state index in [9.17, 15) is 0 Å². The van der Waals surface area contributed by atoms with E-state index in [2.05, 4.69) is 20.8 Å². The lowest BCUT2D eigenvalue weighted by Gasteiger charge is -2.26. The van der Waals surface area contributed by atoms with Gasteiger partial charge in [-0.3, -0.25) is 0 Å². The van der Waals surface area contributed by atoms with Crippen molar-refractivity contribution >= 4 is 0 Å². The standard InChI is InChI=1S/C10H20O/c1-10(2,3)8-5-6-9(7-8)11-4/h8-9H,5-7H2,1-4H3/t8-,9?/m0/s1. The normalized spacial score (nSPS) is 32.7. The Hall–Kier alpha value is -0.0400. The summed E-state index contributed by atoms with van der Waals surface area (Å²) in [6, 6.07) is 0. The molecule has 11 heavy (non-hydrogen) atoms. The highest BCUT2D eigenvalue weighted by molar-refractivity contribution is 4.83. The molecule has 66 valence electrons. The Balaban J connectivity index is 2.42. The highest BCUT2D eigenvalue weighted by Gasteiger charge is 2.32. The molecule has 2 atom stereocenters. The van der Waals surface area contributed by atoms with Crippen LogP contribution in [0.25, 0.3) is 0 Å². The molecule has 0 aliphatic heterocycles. The van der Waals surface area contributed by atoms with Crippen LogP contribution in [0, 0.1) is 11.3 Å². The maximum absolute atomic E-state index is 5.34. The van der Waals surface area contributed by atoms with Crippen molar-refractivity contribution in [2.45, 2.75) is 46.1 Å². The van der Waals surface area contributed by atoms with E-state index in [-0.39, 0.29) is 0 Å². The van der Waals surface area contributed by atoms with Crippen molar-refractivity contribution < 1.29 is 4.74 Å². The second kappa shape index (κ2) is 3.14. The highest BCUT2D eigenvalue weighted by atomic mass is 16.5. The average molecular weight is 156 g/mol. The molecule has 1 unspecified atom stereocenters. The Labute approximate surface area is 70.1 Å². The van der Waals surface area contributed by atoms with Crippen molar-refractivity contribution in [3.05, 3.63) is 0 Å². The second-order valence-corrected chi connectivity index (χ2v) is 4.73. The molecule has 0 N–H and O–H groups in total. The number of hydrogen-bond donors (Lipinski definition) is 0. The lowest BCUT2D eigenvalue weighted by Crippen LogP contribution is -2.18. The van der Waals surface area contributed by atoms with Gasteiger partial charge >= 0.3 is 0 Å². The van der Waals surface area contributed by atoms with Gasteiger partial charge in [-0.2, -0.15) is 0 Å². The van der Waals surface area contributed by atoms with Crippen LogP contribution in [0.2, 0.25) is 0 Å². The predicted molar refractivity (Wildman–Crippen MR) is 47.6 cm³/mol. The van der Waals surface area contributed by atoms with E-state index in [0.29, 0.717) is 11.5 Å². The summed E-state index contributed by atoms with van der Waals surface area (Å²) in [5.74, 6) is 0.868. The molecule has 0 aromatic rings. The highest BCUT2D eigenvalue weighted by Crippen LogP contribution is 2.39. The SMILES string of the molecule is COC1CC[C@H](C(C)(C)C)C1. The van der Waals surface area contributed by atoms with Gasteiger partial charge in [0.1, 0.15) is 0 Å². The Morgan fingerprint density at radius 3 is 2.09 bits per heavy atom. The fourth-order valence-corrected chi connectivity index (χ4v) is 1.94. The number of ether oxygens (including phenoxy) is 1. The van der Waals surface area contributed by atoms with Crippen molar-refractivity contribution in [2.75, 3.05) is 7.11 Å². The third kappa shape index (κ3) is 2.19. The van der Waals surface area contributed by atoms with E-state index in [0.717, 1.165) is 5.92 Å². The van der Waals surface area contributed by atoms with Gasteiger partial charge in [0.15, 0.2) is 0 Å². The largest absolute Gasteiger partial charge is 0.381 e. The van der Waals surface area contributed by atoms with Crippen LogP contribution in [0.3, 0.4) is 0 Å². The van der Waals surface area contributed by atoms with Crippen molar-refractivity contribution in [3.63, 3.8) is 0 Å². The summed E-state index contributed by atoms with van der Waals surface area (Å²) in [7, 11) is 1.83. The molecule has 1 fully saturated rings. The van der Waals surface area contributed by atoms with Gasteiger partial charge in [0, 0.05) is 7.11 Å². The van der Waals surface area contributed by atoms with Crippen molar-refractivity contribution in [2.24, 2.45) is 11.3 Å². The second-order valence-electron chi connectivity index (χ2n) is 4.73. The zero-order valence-electron chi connectivity index (χ0n) is 8.18. The van der Waals surface area contributed by atoms with Crippen molar-refractivity contribution in [3.8, 4) is 0 Å². The van der Waals surface area contributed by atoms with E-state index in [1.807, 2.05) is 7.11 Å². The molecular formula is C10H20O. The number of methoxy groups -OCH3 is 1. The third-order valence-electron chi connectivity index (χ3n) is 2.94. The maximum Gasteiger partial charge on any atom is 0.0574 e. The molecule has 0 saturated heterocycles. The zero-order chi connectivity index (χ0) is 8.48. The summed E-state index contributed by atoms with van der Waals surface area (Å²) in [4.78, 5) is 0. The zero-order valence-corrected chi connectivity index (χ0v) is 8.18. The van der Waals surface area contributed by atoms with Crippen LogP contribution in [0.4, 0.5) is 0 Å². The minimum Gasteiger partial charge on any atom is -0.381 e. The average Bonchev–Trinajstić information content (AvgIpc) is 2.32. The van der Waals surface area contributed by atoms with Gasteiger partial charge in [-0.25, -0.2) is 0 Å². The molecule has 0 aromatic heterocycles. The molecule has 0 aromatic carbocycles. The van der Waals surface area contributed by atoms with Crippen molar-refractivity contribution in [1.29, 1.82) is 0 Å². The summed E-state index contributed by atoms with van der Waals surface area (Å²) in [6.45, 7) is 6.99. The first-order valence-corrected chi connectivity index (χ1v) is 4.57. The van der Waals surface area contributed by atoms with Gasteiger partial charge in [0.25, 0.3) is 0 Å². The van der Waals surface area contributed by atoms with Gasteiger partial charge < -0.3 is 4.74 Å². The topological polar surface area (TPSA) is 9.23 Å². The Kier molecular flexibility index (Phi) is 2.58. The van der Waals surface area contributed by atoms with Crippen molar-refractivity contribution in [1.82, 2.24) is 0 Å². The molecule has 0 radical (unpaired) electrons. The minimum absolute atomic E-state index is 0.479. The van der Waals surface area contributed by atoms with E-state index < -0.39 is 0 Å². The molecule has 1 nitrogen and oxygen atoms in total. The quantitative estimate of drug-likeness (QED) is 0.567. The predicted octanol–water partition coefficient (Wildman–Crippen LogP) is 2.85. The summed E-state index contributed by atoms with van der Waals surface area (Å²) in [5.41, 5.74) is 0.479. The fourth-order valence-electron chi connectivity index (χ4n) is 1.94.